The van der Waals surface area contributed by atoms with Crippen LogP contribution in [0, 0.1) is 17.1 Å². The van der Waals surface area contributed by atoms with Crippen molar-refractivity contribution >= 4 is 11.8 Å². The van der Waals surface area contributed by atoms with Crippen LogP contribution in [0.2, 0.25) is 0 Å². The molecule has 4 nitrogen and oxygen atoms in total. The highest BCUT2D eigenvalue weighted by molar-refractivity contribution is 7.99. The van der Waals surface area contributed by atoms with Gasteiger partial charge in [0.05, 0.1) is 11.6 Å². The van der Waals surface area contributed by atoms with Crippen LogP contribution < -0.4 is 0 Å². The van der Waals surface area contributed by atoms with E-state index in [1.54, 1.807) is 25.1 Å². The van der Waals surface area contributed by atoms with Crippen LogP contribution in [0.1, 0.15) is 25.8 Å². The van der Waals surface area contributed by atoms with Crippen LogP contribution in [-0.4, -0.2) is 20.5 Å². The van der Waals surface area contributed by atoms with Crippen LogP contribution >= 0.6 is 11.8 Å². The molecule has 1 heterocycles. The summed E-state index contributed by atoms with van der Waals surface area (Å²) >= 11 is 1.52. The standard InChI is InChI=1S/C16H15FN4S/c1-11(10-18)8-9-22-16-20-19-15(21(16)12-6-7-12)13-4-2-3-5-14(13)17/h2-5,8,12H,6-7,9H2,1H3. The van der Waals surface area contributed by atoms with Gasteiger partial charge >= 0.3 is 0 Å². The van der Waals surface area contributed by atoms with Crippen molar-refractivity contribution in [1.29, 1.82) is 5.26 Å². The molecule has 0 N–H and O–H groups in total. The highest BCUT2D eigenvalue weighted by Gasteiger charge is 2.30. The lowest BCUT2D eigenvalue weighted by Crippen LogP contribution is -2.01. The molecule has 1 saturated carbocycles. The first-order valence-electron chi connectivity index (χ1n) is 7.10. The number of nitriles is 1. The maximum atomic E-state index is 14.0. The predicted molar refractivity (Wildman–Crippen MR) is 83.8 cm³/mol. The van der Waals surface area contributed by atoms with Gasteiger partial charge in [0.15, 0.2) is 11.0 Å². The zero-order valence-corrected chi connectivity index (χ0v) is 13.0. The molecule has 1 fully saturated rings. The zero-order valence-electron chi connectivity index (χ0n) is 12.2. The van der Waals surface area contributed by atoms with Gasteiger partial charge in [0.1, 0.15) is 5.82 Å². The summed E-state index contributed by atoms with van der Waals surface area (Å²) in [5.41, 5.74) is 1.16. The van der Waals surface area contributed by atoms with Crippen molar-refractivity contribution in [2.45, 2.75) is 31.0 Å². The van der Waals surface area contributed by atoms with Gasteiger partial charge in [-0.3, -0.25) is 4.57 Å². The molecule has 0 radical (unpaired) electrons. The fourth-order valence-electron chi connectivity index (χ4n) is 2.15. The Hall–Kier alpha value is -2.13. The summed E-state index contributed by atoms with van der Waals surface area (Å²) < 4.78 is 16.0. The van der Waals surface area contributed by atoms with Gasteiger partial charge in [0, 0.05) is 17.4 Å². The first-order valence-corrected chi connectivity index (χ1v) is 8.08. The number of rotatable bonds is 5. The topological polar surface area (TPSA) is 54.5 Å². The van der Waals surface area contributed by atoms with E-state index in [2.05, 4.69) is 16.3 Å². The van der Waals surface area contributed by atoms with E-state index in [1.807, 2.05) is 10.6 Å². The molecule has 1 aliphatic rings. The summed E-state index contributed by atoms with van der Waals surface area (Å²) in [4.78, 5) is 0. The van der Waals surface area contributed by atoms with Gasteiger partial charge in [-0.05, 0) is 31.9 Å². The monoisotopic (exact) mass is 314 g/mol. The normalized spacial score (nSPS) is 14.9. The Labute approximate surface area is 132 Å². The fourth-order valence-corrected chi connectivity index (χ4v) is 3.11. The number of nitrogens with zero attached hydrogens (tertiary/aromatic N) is 4. The molecule has 2 aromatic rings. The Kier molecular flexibility index (Phi) is 4.25. The minimum absolute atomic E-state index is 0.284. The predicted octanol–water partition coefficient (Wildman–Crippen LogP) is 3.98. The van der Waals surface area contributed by atoms with Crippen LogP contribution in [0.4, 0.5) is 4.39 Å². The Morgan fingerprint density at radius 1 is 1.45 bits per heavy atom. The van der Waals surface area contributed by atoms with E-state index in [-0.39, 0.29) is 5.82 Å². The lowest BCUT2D eigenvalue weighted by Gasteiger charge is -2.08. The van der Waals surface area contributed by atoms with Crippen molar-refractivity contribution in [2.24, 2.45) is 0 Å². The van der Waals surface area contributed by atoms with Crippen LogP contribution in [0.15, 0.2) is 41.1 Å². The second-order valence-corrected chi connectivity index (χ2v) is 6.18. The van der Waals surface area contributed by atoms with Crippen LogP contribution in [0.5, 0.6) is 0 Å². The van der Waals surface area contributed by atoms with Crippen molar-refractivity contribution in [2.75, 3.05) is 5.75 Å². The number of halogens is 1. The Bertz CT molecular complexity index is 756. The smallest absolute Gasteiger partial charge is 0.192 e. The van der Waals surface area contributed by atoms with E-state index in [0.717, 1.165) is 18.0 Å². The highest BCUT2D eigenvalue weighted by atomic mass is 32.2. The quantitative estimate of drug-likeness (QED) is 0.619. The number of hydrogen-bond acceptors (Lipinski definition) is 4. The molecule has 22 heavy (non-hydrogen) atoms. The van der Waals surface area contributed by atoms with Gasteiger partial charge in [0.25, 0.3) is 0 Å². The average Bonchev–Trinajstić information content (AvgIpc) is 3.28. The second-order valence-electron chi connectivity index (χ2n) is 5.20. The van der Waals surface area contributed by atoms with Crippen LogP contribution in [0.3, 0.4) is 0 Å². The summed E-state index contributed by atoms with van der Waals surface area (Å²) in [5, 5.41) is 18.0. The lowest BCUT2D eigenvalue weighted by molar-refractivity contribution is 0.622. The molecule has 6 heteroatoms. The fraction of sp³-hybridized carbons (Fsp3) is 0.312. The van der Waals surface area contributed by atoms with Gasteiger partial charge in [-0.2, -0.15) is 5.26 Å². The molecule has 1 aliphatic carbocycles. The van der Waals surface area contributed by atoms with E-state index in [4.69, 9.17) is 5.26 Å². The highest BCUT2D eigenvalue weighted by Crippen LogP contribution is 2.41. The summed E-state index contributed by atoms with van der Waals surface area (Å²) in [6.07, 6.45) is 4.00. The van der Waals surface area contributed by atoms with Gasteiger partial charge in [-0.15, -0.1) is 10.2 Å². The van der Waals surface area contributed by atoms with Crippen molar-refractivity contribution < 1.29 is 4.39 Å². The maximum Gasteiger partial charge on any atom is 0.192 e. The van der Waals surface area contributed by atoms with Crippen molar-refractivity contribution in [3.63, 3.8) is 0 Å². The number of aromatic nitrogens is 3. The molecule has 0 atom stereocenters. The first kappa shape index (κ1) is 14.8. The van der Waals surface area contributed by atoms with Crippen molar-refractivity contribution in [3.05, 3.63) is 41.7 Å². The van der Waals surface area contributed by atoms with Crippen molar-refractivity contribution in [1.82, 2.24) is 14.8 Å². The summed E-state index contributed by atoms with van der Waals surface area (Å²) in [6.45, 7) is 1.77. The van der Waals surface area contributed by atoms with Gasteiger partial charge in [-0.1, -0.05) is 30.0 Å². The molecule has 112 valence electrons. The molecule has 1 aromatic carbocycles. The number of benzene rings is 1. The third-order valence-electron chi connectivity index (χ3n) is 3.47. The first-order chi connectivity index (χ1) is 10.7. The summed E-state index contributed by atoms with van der Waals surface area (Å²) in [7, 11) is 0. The number of hydrogen-bond donors (Lipinski definition) is 0. The molecule has 0 aliphatic heterocycles. The lowest BCUT2D eigenvalue weighted by atomic mass is 10.2. The maximum absolute atomic E-state index is 14.0. The third-order valence-corrected chi connectivity index (χ3v) is 4.34. The van der Waals surface area contributed by atoms with E-state index in [9.17, 15) is 4.39 Å². The molecular formula is C16H15FN4S. The summed E-state index contributed by atoms with van der Waals surface area (Å²) in [6, 6.07) is 9.09. The molecule has 0 saturated heterocycles. The third kappa shape index (κ3) is 3.04. The van der Waals surface area contributed by atoms with E-state index >= 15 is 0 Å². The SMILES string of the molecule is CC(C#N)=CCSc1nnc(-c2ccccc2F)n1C1CC1. The number of allylic oxidation sites excluding steroid dienone is 1. The minimum Gasteiger partial charge on any atom is -0.299 e. The minimum atomic E-state index is -0.284. The zero-order chi connectivity index (χ0) is 15.5. The molecule has 0 amide bonds. The molecular weight excluding hydrogens is 299 g/mol. The Morgan fingerprint density at radius 2 is 2.23 bits per heavy atom. The van der Waals surface area contributed by atoms with E-state index in [0.29, 0.717) is 28.8 Å². The number of thioether (sulfide) groups is 1. The molecule has 0 unspecified atom stereocenters. The van der Waals surface area contributed by atoms with E-state index < -0.39 is 0 Å². The van der Waals surface area contributed by atoms with Crippen LogP contribution in [-0.2, 0) is 0 Å². The molecule has 1 aromatic heterocycles. The largest absolute Gasteiger partial charge is 0.299 e. The van der Waals surface area contributed by atoms with E-state index in [1.165, 1.54) is 17.8 Å². The Morgan fingerprint density at radius 3 is 2.91 bits per heavy atom. The average molecular weight is 314 g/mol. The van der Waals surface area contributed by atoms with Gasteiger partial charge in [-0.25, -0.2) is 4.39 Å². The van der Waals surface area contributed by atoms with Crippen LogP contribution in [0.25, 0.3) is 11.4 Å². The van der Waals surface area contributed by atoms with Gasteiger partial charge in [0.2, 0.25) is 0 Å². The molecule has 3 rings (SSSR count). The molecule has 0 spiro atoms. The second kappa shape index (κ2) is 6.32. The summed E-state index contributed by atoms with van der Waals surface area (Å²) in [5.74, 6) is 0.958. The van der Waals surface area contributed by atoms with Gasteiger partial charge < -0.3 is 0 Å². The molecule has 0 bridgehead atoms. The Balaban J connectivity index is 1.90. The van der Waals surface area contributed by atoms with Crippen molar-refractivity contribution in [3.8, 4) is 17.5 Å².